The Balaban J connectivity index is 1.54. The zero-order chi connectivity index (χ0) is 20.9. The molecule has 0 saturated carbocycles. The summed E-state index contributed by atoms with van der Waals surface area (Å²) >= 11 is 1.44. The highest BCUT2D eigenvalue weighted by Gasteiger charge is 2.12. The van der Waals surface area contributed by atoms with Gasteiger partial charge in [-0.05, 0) is 42.3 Å². The maximum atomic E-state index is 13.2. The Morgan fingerprint density at radius 3 is 2.55 bits per heavy atom. The number of rotatable bonds is 3. The van der Waals surface area contributed by atoms with Crippen molar-refractivity contribution >= 4 is 44.3 Å². The molecule has 0 fully saturated rings. The second-order valence-electron chi connectivity index (χ2n) is 7.79. The van der Waals surface area contributed by atoms with Crippen LogP contribution in [0, 0.1) is 6.92 Å². The molecule has 6 aromatic rings. The molecule has 150 valence electrons. The predicted octanol–water partition coefficient (Wildman–Crippen LogP) is 4.77. The van der Waals surface area contributed by atoms with Gasteiger partial charge in [-0.3, -0.25) is 4.79 Å². The second kappa shape index (κ2) is 6.93. The predicted molar refractivity (Wildman–Crippen MR) is 128 cm³/mol. The van der Waals surface area contributed by atoms with E-state index in [0.29, 0.717) is 4.53 Å². The molecule has 3 aromatic heterocycles. The largest absolute Gasteiger partial charge is 0.342 e. The summed E-state index contributed by atoms with van der Waals surface area (Å²) in [5, 5.41) is 1.14. The summed E-state index contributed by atoms with van der Waals surface area (Å²) in [6.07, 6.45) is 4.16. The molecule has 0 aliphatic rings. The van der Waals surface area contributed by atoms with Crippen molar-refractivity contribution in [2.75, 3.05) is 0 Å². The Morgan fingerprint density at radius 1 is 0.935 bits per heavy atom. The molecule has 0 unspecified atom stereocenters. The van der Waals surface area contributed by atoms with Gasteiger partial charge in [0.05, 0.1) is 15.6 Å². The van der Waals surface area contributed by atoms with E-state index in [4.69, 9.17) is 0 Å². The highest BCUT2D eigenvalue weighted by molar-refractivity contribution is 7.15. The smallest absolute Gasteiger partial charge is 0.274 e. The van der Waals surface area contributed by atoms with E-state index in [1.165, 1.54) is 22.5 Å². The van der Waals surface area contributed by atoms with Crippen LogP contribution < -0.4 is 10.1 Å². The molecule has 0 atom stereocenters. The number of aromatic nitrogens is 3. The van der Waals surface area contributed by atoms with Gasteiger partial charge < -0.3 is 4.57 Å². The lowest BCUT2D eigenvalue weighted by atomic mass is 10.1. The number of hydrogen-bond acceptors (Lipinski definition) is 3. The van der Waals surface area contributed by atoms with Crippen LogP contribution in [0.5, 0.6) is 0 Å². The highest BCUT2D eigenvalue weighted by atomic mass is 32.1. The summed E-state index contributed by atoms with van der Waals surface area (Å²) in [4.78, 5) is 18.5. The van der Waals surface area contributed by atoms with Crippen molar-refractivity contribution < 1.29 is 0 Å². The molecular weight excluding hydrogens is 402 g/mol. The van der Waals surface area contributed by atoms with Crippen LogP contribution in [0.1, 0.15) is 16.7 Å². The van der Waals surface area contributed by atoms with E-state index in [-0.39, 0.29) is 5.56 Å². The number of aryl methyl sites for hydroxylation is 1. The van der Waals surface area contributed by atoms with E-state index < -0.39 is 0 Å². The maximum absolute atomic E-state index is 13.2. The SMILES string of the molecule is Cc1ccccc1Cn1cc(C=c2sc3nc4ccccc4n3c2=O)c2ccccc21. The van der Waals surface area contributed by atoms with Crippen LogP contribution in [-0.2, 0) is 6.54 Å². The number of thiazole rings is 1. The van der Waals surface area contributed by atoms with Gasteiger partial charge in [0.15, 0.2) is 4.96 Å². The monoisotopic (exact) mass is 421 g/mol. The molecule has 4 nitrogen and oxygen atoms in total. The normalized spacial score (nSPS) is 12.5. The van der Waals surface area contributed by atoms with Gasteiger partial charge >= 0.3 is 0 Å². The van der Waals surface area contributed by atoms with E-state index in [2.05, 4.69) is 65.1 Å². The molecule has 31 heavy (non-hydrogen) atoms. The van der Waals surface area contributed by atoms with Crippen molar-refractivity contribution in [3.63, 3.8) is 0 Å². The highest BCUT2D eigenvalue weighted by Crippen LogP contribution is 2.24. The average Bonchev–Trinajstić information content (AvgIpc) is 3.42. The number of fused-ring (bicyclic) bond motifs is 4. The summed E-state index contributed by atoms with van der Waals surface area (Å²) in [5.74, 6) is 0. The van der Waals surface area contributed by atoms with E-state index in [1.807, 2.05) is 36.4 Å². The number of nitrogens with zero attached hydrogens (tertiary/aromatic N) is 3. The van der Waals surface area contributed by atoms with Gasteiger partial charge in [0.2, 0.25) is 0 Å². The molecule has 0 aliphatic heterocycles. The van der Waals surface area contributed by atoms with Crippen LogP contribution in [0.3, 0.4) is 0 Å². The Kier molecular flexibility index (Phi) is 4.04. The van der Waals surface area contributed by atoms with E-state index >= 15 is 0 Å². The van der Waals surface area contributed by atoms with Crippen LogP contribution in [0.25, 0.3) is 33.0 Å². The molecule has 0 aliphatic carbocycles. The zero-order valence-electron chi connectivity index (χ0n) is 16.9. The molecule has 3 aromatic carbocycles. The van der Waals surface area contributed by atoms with E-state index in [1.54, 1.807) is 4.40 Å². The number of para-hydroxylation sites is 3. The lowest BCUT2D eigenvalue weighted by Crippen LogP contribution is -2.22. The third-order valence-electron chi connectivity index (χ3n) is 5.85. The second-order valence-corrected chi connectivity index (χ2v) is 8.80. The van der Waals surface area contributed by atoms with Crippen LogP contribution in [0.4, 0.5) is 0 Å². The van der Waals surface area contributed by atoms with E-state index in [9.17, 15) is 4.79 Å². The average molecular weight is 422 g/mol. The van der Waals surface area contributed by atoms with Crippen LogP contribution >= 0.6 is 11.3 Å². The fourth-order valence-corrected chi connectivity index (χ4v) is 5.22. The molecule has 0 spiro atoms. The third-order valence-corrected chi connectivity index (χ3v) is 6.82. The van der Waals surface area contributed by atoms with Gasteiger partial charge in [0, 0.05) is 29.2 Å². The zero-order valence-corrected chi connectivity index (χ0v) is 17.8. The van der Waals surface area contributed by atoms with Crippen LogP contribution in [-0.4, -0.2) is 14.0 Å². The fourth-order valence-electron chi connectivity index (χ4n) is 4.25. The van der Waals surface area contributed by atoms with Gasteiger partial charge in [-0.1, -0.05) is 65.9 Å². The lowest BCUT2D eigenvalue weighted by molar-refractivity contribution is 0.830. The summed E-state index contributed by atoms with van der Waals surface area (Å²) < 4.78 is 4.69. The van der Waals surface area contributed by atoms with Crippen molar-refractivity contribution in [3.05, 3.63) is 111 Å². The Morgan fingerprint density at radius 2 is 1.68 bits per heavy atom. The molecule has 5 heteroatoms. The van der Waals surface area contributed by atoms with Crippen LogP contribution in [0.15, 0.2) is 83.8 Å². The quantitative estimate of drug-likeness (QED) is 0.413. The van der Waals surface area contributed by atoms with Gasteiger partial charge in [-0.2, -0.15) is 0 Å². The summed E-state index contributed by atoms with van der Waals surface area (Å²) in [6.45, 7) is 2.94. The van der Waals surface area contributed by atoms with Crippen molar-refractivity contribution in [1.29, 1.82) is 0 Å². The van der Waals surface area contributed by atoms with Gasteiger partial charge in [0.1, 0.15) is 0 Å². The Hall–Kier alpha value is -3.70. The molecule has 3 heterocycles. The summed E-state index contributed by atoms with van der Waals surface area (Å²) in [6, 6.07) is 24.6. The first-order chi connectivity index (χ1) is 15.2. The van der Waals surface area contributed by atoms with Crippen molar-refractivity contribution in [3.8, 4) is 0 Å². The Bertz CT molecular complexity index is 1700. The summed E-state index contributed by atoms with van der Waals surface area (Å²) in [5.41, 5.74) is 6.49. The summed E-state index contributed by atoms with van der Waals surface area (Å²) in [7, 11) is 0. The first kappa shape index (κ1) is 18.1. The van der Waals surface area contributed by atoms with Crippen LogP contribution in [0.2, 0.25) is 0 Å². The molecular formula is C26H19N3OS. The van der Waals surface area contributed by atoms with Crippen molar-refractivity contribution in [1.82, 2.24) is 14.0 Å². The first-order valence-corrected chi connectivity index (χ1v) is 11.0. The number of imidazole rings is 1. The molecule has 0 radical (unpaired) electrons. The van der Waals surface area contributed by atoms with Crippen molar-refractivity contribution in [2.45, 2.75) is 13.5 Å². The third kappa shape index (κ3) is 2.89. The lowest BCUT2D eigenvalue weighted by Gasteiger charge is -2.08. The minimum Gasteiger partial charge on any atom is -0.342 e. The fraction of sp³-hybridized carbons (Fsp3) is 0.0769. The standard InChI is InChI=1S/C26H19N3OS/c1-17-8-2-3-9-18(17)15-28-16-19(20-10-4-6-12-22(20)28)14-24-25(30)29-23-13-7-5-11-21(23)27-26(29)31-24/h2-14,16H,15H2,1H3. The number of benzene rings is 3. The minimum atomic E-state index is -0.00978. The van der Waals surface area contributed by atoms with Gasteiger partial charge in [0.25, 0.3) is 5.56 Å². The topological polar surface area (TPSA) is 39.3 Å². The molecule has 0 amide bonds. The minimum absolute atomic E-state index is 0.00978. The molecule has 0 N–H and O–H groups in total. The van der Waals surface area contributed by atoms with Gasteiger partial charge in [-0.25, -0.2) is 9.38 Å². The first-order valence-electron chi connectivity index (χ1n) is 10.2. The van der Waals surface area contributed by atoms with Gasteiger partial charge in [-0.15, -0.1) is 0 Å². The maximum Gasteiger partial charge on any atom is 0.274 e. The Labute approximate surface area is 182 Å². The van der Waals surface area contributed by atoms with E-state index in [0.717, 1.165) is 39.0 Å². The molecule has 6 rings (SSSR count). The molecule has 0 bridgehead atoms. The van der Waals surface area contributed by atoms with Crippen molar-refractivity contribution in [2.24, 2.45) is 0 Å². The molecule has 0 saturated heterocycles. The number of hydrogen-bond donors (Lipinski definition) is 0.